The lowest BCUT2D eigenvalue weighted by atomic mass is 10.1. The Kier molecular flexibility index (Phi) is 15.4. The number of nitrogens with zero attached hydrogens (tertiary/aromatic N) is 1. The van der Waals surface area contributed by atoms with Gasteiger partial charge in [0.15, 0.2) is 0 Å². The van der Waals surface area contributed by atoms with Gasteiger partial charge in [-0.25, -0.2) is 0 Å². The Labute approximate surface area is 132 Å². The molecule has 0 spiro atoms. The predicted octanol–water partition coefficient (Wildman–Crippen LogP) is 4.79. The van der Waals surface area contributed by atoms with Crippen LogP contribution >= 0.6 is 0 Å². The van der Waals surface area contributed by atoms with Crippen LogP contribution in [0.25, 0.3) is 0 Å². The van der Waals surface area contributed by atoms with Crippen LogP contribution in [0.2, 0.25) is 0 Å². The average Bonchev–Trinajstić information content (AvgIpc) is 2.50. The largest absolute Gasteiger partial charge is 0.466 e. The molecule has 0 aromatic heterocycles. The number of hydrogen-bond acceptors (Lipinski definition) is 3. The number of hydrogen-bond donors (Lipinski definition) is 0. The third-order valence-corrected chi connectivity index (χ3v) is 4.01. The van der Waals surface area contributed by atoms with Crippen LogP contribution < -0.4 is 0 Å². The minimum absolute atomic E-state index is 0.00797. The zero-order valence-corrected chi connectivity index (χ0v) is 14.7. The van der Waals surface area contributed by atoms with E-state index in [1.165, 1.54) is 38.5 Å². The van der Waals surface area contributed by atoms with Crippen molar-refractivity contribution in [1.82, 2.24) is 4.90 Å². The zero-order valence-electron chi connectivity index (χ0n) is 14.7. The highest BCUT2D eigenvalue weighted by Gasteiger charge is 2.03. The molecule has 0 unspecified atom stereocenters. The zero-order chi connectivity index (χ0) is 15.8. The first-order valence-corrected chi connectivity index (χ1v) is 9.12. The second-order valence-corrected chi connectivity index (χ2v) is 5.83. The van der Waals surface area contributed by atoms with E-state index in [9.17, 15) is 4.79 Å². The van der Waals surface area contributed by atoms with Crippen molar-refractivity contribution in [3.63, 3.8) is 0 Å². The van der Waals surface area contributed by atoms with Crippen molar-refractivity contribution >= 4 is 5.97 Å². The van der Waals surface area contributed by atoms with Crippen molar-refractivity contribution in [1.29, 1.82) is 0 Å². The quantitative estimate of drug-likeness (QED) is 0.321. The standard InChI is InChI=1S/C18H37NO2/c1-4-7-8-9-10-11-12-15-18(20)21-17-14-13-16-19(5-2)6-3/h4-17H2,1-3H3. The summed E-state index contributed by atoms with van der Waals surface area (Å²) in [4.78, 5) is 14.0. The molecule has 21 heavy (non-hydrogen) atoms. The van der Waals surface area contributed by atoms with Crippen LogP contribution in [-0.2, 0) is 9.53 Å². The minimum atomic E-state index is -0.00797. The molecule has 0 atom stereocenters. The van der Waals surface area contributed by atoms with Crippen LogP contribution in [-0.4, -0.2) is 37.1 Å². The second kappa shape index (κ2) is 15.8. The van der Waals surface area contributed by atoms with Crippen molar-refractivity contribution in [3.8, 4) is 0 Å². The average molecular weight is 299 g/mol. The van der Waals surface area contributed by atoms with Crippen LogP contribution in [0.15, 0.2) is 0 Å². The van der Waals surface area contributed by atoms with Crippen LogP contribution in [0, 0.1) is 0 Å². The minimum Gasteiger partial charge on any atom is -0.466 e. The van der Waals surface area contributed by atoms with E-state index < -0.39 is 0 Å². The fourth-order valence-corrected chi connectivity index (χ4v) is 2.46. The number of ether oxygens (including phenoxy) is 1. The van der Waals surface area contributed by atoms with Gasteiger partial charge in [-0.2, -0.15) is 0 Å². The molecule has 0 aromatic rings. The summed E-state index contributed by atoms with van der Waals surface area (Å²) in [5, 5.41) is 0. The lowest BCUT2D eigenvalue weighted by Gasteiger charge is -2.17. The monoisotopic (exact) mass is 299 g/mol. The van der Waals surface area contributed by atoms with E-state index in [4.69, 9.17) is 4.74 Å². The third kappa shape index (κ3) is 14.1. The number of carbonyl (C=O) groups excluding carboxylic acids is 1. The highest BCUT2D eigenvalue weighted by molar-refractivity contribution is 5.69. The third-order valence-electron chi connectivity index (χ3n) is 4.01. The van der Waals surface area contributed by atoms with Crippen molar-refractivity contribution in [2.45, 2.75) is 85.0 Å². The molecule has 0 saturated carbocycles. The lowest BCUT2D eigenvalue weighted by molar-refractivity contribution is -0.143. The maximum Gasteiger partial charge on any atom is 0.305 e. The van der Waals surface area contributed by atoms with Gasteiger partial charge in [-0.3, -0.25) is 4.79 Å². The van der Waals surface area contributed by atoms with Crippen LogP contribution in [0.4, 0.5) is 0 Å². The maximum absolute atomic E-state index is 11.6. The van der Waals surface area contributed by atoms with Gasteiger partial charge in [0.05, 0.1) is 6.61 Å². The number of rotatable bonds is 15. The first kappa shape index (κ1) is 20.4. The summed E-state index contributed by atoms with van der Waals surface area (Å²) >= 11 is 0. The highest BCUT2D eigenvalue weighted by Crippen LogP contribution is 2.09. The molecule has 0 aliphatic heterocycles. The summed E-state index contributed by atoms with van der Waals surface area (Å²) in [6.07, 6.45) is 11.4. The molecule has 126 valence electrons. The molecular weight excluding hydrogens is 262 g/mol. The second-order valence-electron chi connectivity index (χ2n) is 5.83. The number of unbranched alkanes of at least 4 members (excludes halogenated alkanes) is 7. The summed E-state index contributed by atoms with van der Waals surface area (Å²) in [5.41, 5.74) is 0. The van der Waals surface area contributed by atoms with Gasteiger partial charge in [0.1, 0.15) is 0 Å². The smallest absolute Gasteiger partial charge is 0.305 e. The molecule has 0 aliphatic rings. The van der Waals surface area contributed by atoms with Gasteiger partial charge in [-0.1, -0.05) is 59.3 Å². The van der Waals surface area contributed by atoms with E-state index in [0.29, 0.717) is 13.0 Å². The summed E-state index contributed by atoms with van der Waals surface area (Å²) in [6, 6.07) is 0. The molecule has 3 nitrogen and oxygen atoms in total. The summed E-state index contributed by atoms with van der Waals surface area (Å²) < 4.78 is 5.28. The predicted molar refractivity (Wildman–Crippen MR) is 90.6 cm³/mol. The Morgan fingerprint density at radius 3 is 2.05 bits per heavy atom. The van der Waals surface area contributed by atoms with Crippen molar-refractivity contribution in [2.24, 2.45) is 0 Å². The molecular formula is C18H37NO2. The Balaban J connectivity index is 3.27. The fourth-order valence-electron chi connectivity index (χ4n) is 2.46. The molecule has 0 amide bonds. The Morgan fingerprint density at radius 2 is 1.43 bits per heavy atom. The summed E-state index contributed by atoms with van der Waals surface area (Å²) in [6.45, 7) is 10.5. The van der Waals surface area contributed by atoms with Crippen molar-refractivity contribution < 1.29 is 9.53 Å². The van der Waals surface area contributed by atoms with Gasteiger partial charge in [-0.15, -0.1) is 0 Å². The number of carbonyl (C=O) groups is 1. The van der Waals surface area contributed by atoms with Crippen LogP contribution in [0.5, 0.6) is 0 Å². The van der Waals surface area contributed by atoms with E-state index in [-0.39, 0.29) is 5.97 Å². The molecule has 0 heterocycles. The van der Waals surface area contributed by atoms with Crippen molar-refractivity contribution in [2.75, 3.05) is 26.2 Å². The molecule has 0 saturated heterocycles. The van der Waals surface area contributed by atoms with Crippen LogP contribution in [0.3, 0.4) is 0 Å². The summed E-state index contributed by atoms with van der Waals surface area (Å²) in [5.74, 6) is -0.00797. The number of esters is 1. The Hall–Kier alpha value is -0.570. The van der Waals surface area contributed by atoms with Crippen molar-refractivity contribution in [3.05, 3.63) is 0 Å². The molecule has 0 rings (SSSR count). The molecule has 0 fully saturated rings. The summed E-state index contributed by atoms with van der Waals surface area (Å²) in [7, 11) is 0. The Morgan fingerprint density at radius 1 is 0.810 bits per heavy atom. The molecule has 0 aliphatic carbocycles. The van der Waals surface area contributed by atoms with E-state index in [2.05, 4.69) is 25.7 Å². The first-order valence-electron chi connectivity index (χ1n) is 9.12. The first-order chi connectivity index (χ1) is 10.2. The normalized spacial score (nSPS) is 11.0. The van der Waals surface area contributed by atoms with Gasteiger partial charge in [0, 0.05) is 6.42 Å². The van der Waals surface area contributed by atoms with Gasteiger partial charge < -0.3 is 9.64 Å². The van der Waals surface area contributed by atoms with E-state index >= 15 is 0 Å². The fraction of sp³-hybridized carbons (Fsp3) is 0.944. The SMILES string of the molecule is CCCCCCCCCC(=O)OCCCCN(CC)CC. The Bertz CT molecular complexity index is 227. The van der Waals surface area contributed by atoms with E-state index in [1.54, 1.807) is 0 Å². The van der Waals surface area contributed by atoms with Gasteiger partial charge in [0.25, 0.3) is 0 Å². The lowest BCUT2D eigenvalue weighted by Crippen LogP contribution is -2.24. The molecule has 3 heteroatoms. The van der Waals surface area contributed by atoms with Gasteiger partial charge >= 0.3 is 5.97 Å². The van der Waals surface area contributed by atoms with Gasteiger partial charge in [0.2, 0.25) is 0 Å². The van der Waals surface area contributed by atoms with Gasteiger partial charge in [-0.05, 0) is 38.9 Å². The molecule has 0 N–H and O–H groups in total. The van der Waals surface area contributed by atoms with E-state index in [0.717, 1.165) is 38.9 Å². The van der Waals surface area contributed by atoms with E-state index in [1.807, 2.05) is 0 Å². The van der Waals surface area contributed by atoms with Crippen LogP contribution in [0.1, 0.15) is 85.0 Å². The highest BCUT2D eigenvalue weighted by atomic mass is 16.5. The maximum atomic E-state index is 11.6. The molecule has 0 bridgehead atoms. The topological polar surface area (TPSA) is 29.5 Å². The molecule has 0 aromatic carbocycles. The molecule has 0 radical (unpaired) electrons.